The quantitative estimate of drug-likeness (QED) is 0.561. The summed E-state index contributed by atoms with van der Waals surface area (Å²) in [6.45, 7) is 6.80. The van der Waals surface area contributed by atoms with Crippen molar-refractivity contribution in [2.75, 3.05) is 0 Å². The maximum atomic E-state index is 12.8. The first-order chi connectivity index (χ1) is 13.7. The number of benzene rings is 2. The first-order valence-corrected chi connectivity index (χ1v) is 9.47. The molecule has 0 spiro atoms. The molecule has 154 valence electrons. The third-order valence-corrected chi connectivity index (χ3v) is 4.12. The van der Waals surface area contributed by atoms with Crippen molar-refractivity contribution in [3.8, 4) is 0 Å². The van der Waals surface area contributed by atoms with E-state index in [2.05, 4.69) is 5.32 Å². The fourth-order valence-electron chi connectivity index (χ4n) is 2.66. The Kier molecular flexibility index (Phi) is 7.53. The number of esters is 1. The fraction of sp³-hybridized carbons (Fsp3) is 0.348. The Hall–Kier alpha value is -3.15. The van der Waals surface area contributed by atoms with Gasteiger partial charge in [-0.25, -0.2) is 9.59 Å². The van der Waals surface area contributed by atoms with Crippen LogP contribution in [0.4, 0.5) is 4.79 Å². The van der Waals surface area contributed by atoms with Crippen LogP contribution in [0.25, 0.3) is 0 Å². The van der Waals surface area contributed by atoms with E-state index >= 15 is 0 Å². The lowest BCUT2D eigenvalue weighted by Crippen LogP contribution is -2.50. The molecule has 0 aliphatic rings. The van der Waals surface area contributed by atoms with Gasteiger partial charge in [0.2, 0.25) is 0 Å². The number of hydrogen-bond acceptors (Lipinski definition) is 5. The highest BCUT2D eigenvalue weighted by atomic mass is 16.6. The van der Waals surface area contributed by atoms with Gasteiger partial charge >= 0.3 is 12.1 Å². The Morgan fingerprint density at radius 3 is 2.03 bits per heavy atom. The highest BCUT2D eigenvalue weighted by Gasteiger charge is 2.35. The molecule has 0 aromatic heterocycles. The fourth-order valence-corrected chi connectivity index (χ4v) is 2.66. The Morgan fingerprint density at radius 1 is 0.931 bits per heavy atom. The van der Waals surface area contributed by atoms with Crippen LogP contribution in [0.1, 0.15) is 43.6 Å². The third kappa shape index (κ3) is 7.07. The Labute approximate surface area is 171 Å². The van der Waals surface area contributed by atoms with Gasteiger partial charge in [-0.05, 0) is 26.3 Å². The number of amides is 1. The van der Waals surface area contributed by atoms with Crippen molar-refractivity contribution >= 4 is 17.8 Å². The first-order valence-electron chi connectivity index (χ1n) is 9.47. The van der Waals surface area contributed by atoms with Crippen molar-refractivity contribution in [3.05, 3.63) is 71.8 Å². The van der Waals surface area contributed by atoms with Crippen LogP contribution in [0.15, 0.2) is 60.7 Å². The van der Waals surface area contributed by atoms with Gasteiger partial charge in [0.1, 0.15) is 18.2 Å². The number of ether oxygens (including phenoxy) is 2. The topological polar surface area (TPSA) is 81.7 Å². The lowest BCUT2D eigenvalue weighted by molar-refractivity contribution is -0.158. The summed E-state index contributed by atoms with van der Waals surface area (Å²) in [5.41, 5.74) is 0.499. The molecule has 0 saturated heterocycles. The van der Waals surface area contributed by atoms with Gasteiger partial charge in [-0.2, -0.15) is 0 Å². The van der Waals surface area contributed by atoms with Crippen molar-refractivity contribution in [3.63, 3.8) is 0 Å². The van der Waals surface area contributed by atoms with Gasteiger partial charge in [-0.15, -0.1) is 0 Å². The second kappa shape index (κ2) is 9.87. The minimum atomic E-state index is -1.18. The van der Waals surface area contributed by atoms with E-state index in [1.165, 1.54) is 0 Å². The Bertz CT molecular complexity index is 827. The number of Topliss-reactive ketones (excluding diaryl/α,β-unsaturated/α-hetero) is 1. The van der Waals surface area contributed by atoms with Crippen LogP contribution < -0.4 is 5.32 Å². The molecule has 0 bridgehead atoms. The lowest BCUT2D eigenvalue weighted by atomic mass is 9.92. The zero-order chi connectivity index (χ0) is 21.4. The number of rotatable bonds is 7. The Balaban J connectivity index is 2.12. The van der Waals surface area contributed by atoms with Crippen LogP contribution in [0.2, 0.25) is 0 Å². The van der Waals surface area contributed by atoms with Crippen molar-refractivity contribution < 1.29 is 23.9 Å². The monoisotopic (exact) mass is 397 g/mol. The molecule has 0 aliphatic carbocycles. The standard InChI is InChI=1S/C23H27NO5/c1-16(20(25)18-13-9-6-10-14-18)19(21(26)29-23(2,3)4)24-22(27)28-15-17-11-7-5-8-12-17/h5-14,16,19H,15H2,1-4H3,(H,24,27)/t16-,19+/m1/s1. The summed E-state index contributed by atoms with van der Waals surface area (Å²) in [7, 11) is 0. The molecular weight excluding hydrogens is 370 g/mol. The van der Waals surface area contributed by atoms with Gasteiger partial charge < -0.3 is 14.8 Å². The number of nitrogens with one attached hydrogen (secondary N) is 1. The van der Waals surface area contributed by atoms with Crippen LogP contribution in [0, 0.1) is 5.92 Å². The van der Waals surface area contributed by atoms with Gasteiger partial charge in [-0.1, -0.05) is 67.6 Å². The molecule has 2 atom stereocenters. The van der Waals surface area contributed by atoms with E-state index in [0.29, 0.717) is 5.56 Å². The molecule has 0 unspecified atom stereocenters. The molecule has 1 amide bonds. The van der Waals surface area contributed by atoms with Crippen LogP contribution in [-0.2, 0) is 20.9 Å². The highest BCUT2D eigenvalue weighted by Crippen LogP contribution is 2.17. The van der Waals surface area contributed by atoms with Crippen molar-refractivity contribution in [2.45, 2.75) is 45.9 Å². The van der Waals surface area contributed by atoms with E-state index in [9.17, 15) is 14.4 Å². The minimum absolute atomic E-state index is 0.0503. The predicted octanol–water partition coefficient (Wildman–Crippen LogP) is 4.14. The van der Waals surface area contributed by atoms with Crippen LogP contribution >= 0.6 is 0 Å². The van der Waals surface area contributed by atoms with Gasteiger partial charge in [0.25, 0.3) is 0 Å². The SMILES string of the molecule is C[C@@H](C(=O)c1ccccc1)[C@H](NC(=O)OCc1ccccc1)C(=O)OC(C)(C)C. The average molecular weight is 397 g/mol. The van der Waals surface area contributed by atoms with Gasteiger partial charge in [0.05, 0.1) is 5.92 Å². The van der Waals surface area contributed by atoms with Crippen molar-refractivity contribution in [1.82, 2.24) is 5.32 Å². The molecule has 6 heteroatoms. The number of alkyl carbamates (subject to hydrolysis) is 1. The summed E-state index contributed by atoms with van der Waals surface area (Å²) in [6.07, 6.45) is -0.794. The van der Waals surface area contributed by atoms with Crippen molar-refractivity contribution in [1.29, 1.82) is 0 Å². The molecule has 0 saturated carbocycles. The molecule has 2 aromatic rings. The Morgan fingerprint density at radius 2 is 1.48 bits per heavy atom. The molecule has 0 heterocycles. The van der Waals surface area contributed by atoms with Gasteiger partial charge in [-0.3, -0.25) is 4.79 Å². The number of carbonyl (C=O) groups excluding carboxylic acids is 3. The molecule has 0 fully saturated rings. The van der Waals surface area contributed by atoms with Crippen molar-refractivity contribution in [2.24, 2.45) is 5.92 Å². The molecule has 29 heavy (non-hydrogen) atoms. The highest BCUT2D eigenvalue weighted by molar-refractivity contribution is 6.01. The normalized spacial score (nSPS) is 13.1. The second-order valence-electron chi connectivity index (χ2n) is 7.74. The van der Waals surface area contributed by atoms with E-state index in [1.54, 1.807) is 58.0 Å². The molecule has 2 aromatic carbocycles. The minimum Gasteiger partial charge on any atom is -0.458 e. The summed E-state index contributed by atoms with van der Waals surface area (Å²) < 4.78 is 10.6. The second-order valence-corrected chi connectivity index (χ2v) is 7.74. The van der Waals surface area contributed by atoms with Gasteiger partial charge in [0.15, 0.2) is 5.78 Å². The van der Waals surface area contributed by atoms with Gasteiger partial charge in [0, 0.05) is 5.56 Å². The van der Waals surface area contributed by atoms with E-state index in [-0.39, 0.29) is 12.4 Å². The number of ketones is 1. The first kappa shape index (κ1) is 22.1. The maximum Gasteiger partial charge on any atom is 0.408 e. The zero-order valence-corrected chi connectivity index (χ0v) is 17.2. The summed E-state index contributed by atoms with van der Waals surface area (Å²) in [4.78, 5) is 37.8. The average Bonchev–Trinajstić information content (AvgIpc) is 2.69. The molecule has 0 radical (unpaired) electrons. The molecule has 2 rings (SSSR count). The molecule has 6 nitrogen and oxygen atoms in total. The van der Waals surface area contributed by atoms with Crippen LogP contribution in [-0.4, -0.2) is 29.5 Å². The maximum absolute atomic E-state index is 12.8. The lowest BCUT2D eigenvalue weighted by Gasteiger charge is -2.27. The summed E-state index contributed by atoms with van der Waals surface area (Å²) in [5, 5.41) is 2.50. The zero-order valence-electron chi connectivity index (χ0n) is 17.2. The summed E-state index contributed by atoms with van der Waals surface area (Å²) >= 11 is 0. The molecular formula is C23H27NO5. The predicted molar refractivity (Wildman–Crippen MR) is 109 cm³/mol. The van der Waals surface area contributed by atoms with E-state index in [4.69, 9.17) is 9.47 Å². The smallest absolute Gasteiger partial charge is 0.408 e. The molecule has 0 aliphatic heterocycles. The number of carbonyl (C=O) groups is 3. The van der Waals surface area contributed by atoms with E-state index in [1.807, 2.05) is 30.3 Å². The van der Waals surface area contributed by atoms with Crippen LogP contribution in [0.5, 0.6) is 0 Å². The summed E-state index contributed by atoms with van der Waals surface area (Å²) in [6, 6.07) is 16.6. The third-order valence-electron chi connectivity index (χ3n) is 4.12. The van der Waals surface area contributed by atoms with Crippen LogP contribution in [0.3, 0.4) is 0 Å². The molecule has 1 N–H and O–H groups in total. The van der Waals surface area contributed by atoms with E-state index in [0.717, 1.165) is 5.56 Å². The summed E-state index contributed by atoms with van der Waals surface area (Å²) in [5.74, 6) is -1.80. The number of hydrogen-bond donors (Lipinski definition) is 1. The van der Waals surface area contributed by atoms with E-state index < -0.39 is 29.6 Å². The largest absolute Gasteiger partial charge is 0.458 e.